The molecule has 1 N–H and O–H groups in total. The summed E-state index contributed by atoms with van der Waals surface area (Å²) in [5.74, 6) is 2.02. The van der Waals surface area contributed by atoms with Crippen molar-refractivity contribution in [2.45, 2.75) is 43.7 Å². The van der Waals surface area contributed by atoms with E-state index in [4.69, 9.17) is 9.15 Å². The molecule has 1 aliphatic carbocycles. The van der Waals surface area contributed by atoms with Crippen molar-refractivity contribution in [1.82, 2.24) is 10.2 Å². The Kier molecular flexibility index (Phi) is 4.20. The highest BCUT2D eigenvalue weighted by Crippen LogP contribution is 2.44. The van der Waals surface area contributed by atoms with Gasteiger partial charge in [-0.2, -0.15) is 0 Å². The number of furan rings is 1. The van der Waals surface area contributed by atoms with Gasteiger partial charge in [-0.25, -0.2) is 0 Å². The minimum Gasteiger partial charge on any atom is -0.487 e. The molecule has 3 aliphatic rings. The summed E-state index contributed by atoms with van der Waals surface area (Å²) in [5, 5.41) is 3.18. The number of likely N-dealkylation sites (tertiary alicyclic amines) is 1. The van der Waals surface area contributed by atoms with E-state index >= 15 is 0 Å². The zero-order chi connectivity index (χ0) is 18.3. The fraction of sp³-hybridized carbons (Fsp3) is 0.500. The van der Waals surface area contributed by atoms with Crippen molar-refractivity contribution in [3.8, 4) is 5.75 Å². The van der Waals surface area contributed by atoms with E-state index in [2.05, 4.69) is 16.3 Å². The van der Waals surface area contributed by atoms with Gasteiger partial charge in [0.1, 0.15) is 11.4 Å². The Hall–Kier alpha value is -2.27. The van der Waals surface area contributed by atoms with Crippen LogP contribution in [0.25, 0.3) is 0 Å². The highest BCUT2D eigenvalue weighted by Gasteiger charge is 2.44. The topological polar surface area (TPSA) is 54.7 Å². The molecule has 1 aromatic heterocycles. The maximum atomic E-state index is 12.6. The monoisotopic (exact) mass is 366 g/mol. The molecule has 0 bridgehead atoms. The van der Waals surface area contributed by atoms with Crippen molar-refractivity contribution in [3.05, 3.63) is 54.0 Å². The molecule has 5 rings (SSSR count). The van der Waals surface area contributed by atoms with E-state index in [-0.39, 0.29) is 17.6 Å². The summed E-state index contributed by atoms with van der Waals surface area (Å²) in [6.07, 6.45) is 7.17. The van der Waals surface area contributed by atoms with Gasteiger partial charge >= 0.3 is 0 Å². The van der Waals surface area contributed by atoms with Crippen molar-refractivity contribution < 1.29 is 13.9 Å². The molecule has 0 unspecified atom stereocenters. The summed E-state index contributed by atoms with van der Waals surface area (Å²) in [4.78, 5) is 15.2. The van der Waals surface area contributed by atoms with Crippen molar-refractivity contribution in [1.29, 1.82) is 0 Å². The van der Waals surface area contributed by atoms with E-state index < -0.39 is 0 Å². The standard InChI is InChI=1S/C22H26N2O3/c25-21(20-6-3-13-26-20)23-18-14-22(27-19-5-2-1-4-17(18)19)9-11-24(12-10-22)15-16-7-8-16/h1-6,13,16,18H,7-12,14-15H2,(H,23,25)/t18-/m0/s1. The number of carbonyl (C=O) groups is 1. The second kappa shape index (κ2) is 6.71. The number of nitrogens with zero attached hydrogens (tertiary/aromatic N) is 1. The SMILES string of the molecule is O=C(N[C@H]1CC2(CCN(CC3CC3)CC2)Oc2ccccc21)c1ccco1. The molecule has 27 heavy (non-hydrogen) atoms. The van der Waals surface area contributed by atoms with Gasteiger partial charge in [-0.1, -0.05) is 18.2 Å². The number of nitrogens with one attached hydrogen (secondary N) is 1. The van der Waals surface area contributed by atoms with Gasteiger partial charge in [0.15, 0.2) is 5.76 Å². The van der Waals surface area contributed by atoms with Crippen LogP contribution in [0.15, 0.2) is 47.1 Å². The zero-order valence-corrected chi connectivity index (χ0v) is 15.5. The summed E-state index contributed by atoms with van der Waals surface area (Å²) in [6.45, 7) is 3.40. The van der Waals surface area contributed by atoms with Crippen LogP contribution in [0, 0.1) is 5.92 Å². The molecule has 1 saturated carbocycles. The van der Waals surface area contributed by atoms with Gasteiger partial charge < -0.3 is 19.4 Å². The summed E-state index contributed by atoms with van der Waals surface area (Å²) >= 11 is 0. The fourth-order valence-electron chi connectivity index (χ4n) is 4.50. The summed E-state index contributed by atoms with van der Waals surface area (Å²) < 4.78 is 11.8. The maximum absolute atomic E-state index is 12.6. The van der Waals surface area contributed by atoms with E-state index in [1.54, 1.807) is 12.1 Å². The third-order valence-corrected chi connectivity index (χ3v) is 6.23. The molecule has 0 radical (unpaired) electrons. The number of hydrogen-bond acceptors (Lipinski definition) is 4. The maximum Gasteiger partial charge on any atom is 0.287 e. The van der Waals surface area contributed by atoms with Crippen LogP contribution >= 0.6 is 0 Å². The van der Waals surface area contributed by atoms with Crippen molar-refractivity contribution in [3.63, 3.8) is 0 Å². The van der Waals surface area contributed by atoms with Crippen LogP contribution in [-0.4, -0.2) is 36.0 Å². The van der Waals surface area contributed by atoms with Crippen LogP contribution in [0.4, 0.5) is 0 Å². The average molecular weight is 366 g/mol. The molecule has 2 fully saturated rings. The fourth-order valence-corrected chi connectivity index (χ4v) is 4.50. The van der Waals surface area contributed by atoms with Gasteiger partial charge in [-0.3, -0.25) is 4.79 Å². The number of rotatable bonds is 4. The number of hydrogen-bond donors (Lipinski definition) is 1. The Morgan fingerprint density at radius 2 is 1.96 bits per heavy atom. The van der Waals surface area contributed by atoms with Gasteiger partial charge in [-0.05, 0) is 49.8 Å². The largest absolute Gasteiger partial charge is 0.487 e. The number of para-hydroxylation sites is 1. The highest BCUT2D eigenvalue weighted by molar-refractivity contribution is 5.91. The molecule has 5 heteroatoms. The smallest absolute Gasteiger partial charge is 0.287 e. The molecule has 2 aromatic rings. The van der Waals surface area contributed by atoms with E-state index in [0.29, 0.717) is 5.76 Å². The number of amides is 1. The van der Waals surface area contributed by atoms with Crippen LogP contribution < -0.4 is 10.1 Å². The Bertz CT molecular complexity index is 805. The third-order valence-electron chi connectivity index (χ3n) is 6.23. The van der Waals surface area contributed by atoms with Crippen LogP contribution in [-0.2, 0) is 0 Å². The second-order valence-electron chi connectivity index (χ2n) is 8.27. The number of piperidine rings is 1. The lowest BCUT2D eigenvalue weighted by Crippen LogP contribution is -2.52. The molecule has 1 atom stereocenters. The van der Waals surface area contributed by atoms with Crippen LogP contribution in [0.3, 0.4) is 0 Å². The summed E-state index contributed by atoms with van der Waals surface area (Å²) in [7, 11) is 0. The summed E-state index contributed by atoms with van der Waals surface area (Å²) in [5.41, 5.74) is 0.874. The molecule has 5 nitrogen and oxygen atoms in total. The Morgan fingerprint density at radius 1 is 1.15 bits per heavy atom. The molecule has 2 aliphatic heterocycles. The lowest BCUT2D eigenvalue weighted by atomic mass is 9.80. The first-order chi connectivity index (χ1) is 13.2. The number of carbonyl (C=O) groups excluding carboxylic acids is 1. The highest BCUT2D eigenvalue weighted by atomic mass is 16.5. The number of ether oxygens (including phenoxy) is 1. The Labute approximate surface area is 159 Å². The van der Waals surface area contributed by atoms with Crippen LogP contribution in [0.5, 0.6) is 5.75 Å². The van der Waals surface area contributed by atoms with E-state index in [1.165, 1.54) is 25.6 Å². The van der Waals surface area contributed by atoms with Crippen LogP contribution in [0.2, 0.25) is 0 Å². The molecular formula is C22H26N2O3. The minimum atomic E-state index is -0.185. The van der Waals surface area contributed by atoms with Gasteiger partial charge in [0.2, 0.25) is 0 Å². The first-order valence-corrected chi connectivity index (χ1v) is 10.1. The summed E-state index contributed by atoms with van der Waals surface area (Å²) in [6, 6.07) is 11.5. The average Bonchev–Trinajstić information content (AvgIpc) is 3.32. The third kappa shape index (κ3) is 3.48. The first-order valence-electron chi connectivity index (χ1n) is 10.1. The molecule has 3 heterocycles. The van der Waals surface area contributed by atoms with E-state index in [0.717, 1.165) is 49.6 Å². The van der Waals surface area contributed by atoms with Gasteiger partial charge in [0.25, 0.3) is 5.91 Å². The van der Waals surface area contributed by atoms with E-state index in [9.17, 15) is 4.79 Å². The zero-order valence-electron chi connectivity index (χ0n) is 15.5. The molecule has 1 saturated heterocycles. The van der Waals surface area contributed by atoms with E-state index in [1.807, 2.05) is 18.2 Å². The predicted octanol–water partition coefficient (Wildman–Crippen LogP) is 3.78. The normalized spacial score (nSPS) is 24.2. The van der Waals surface area contributed by atoms with Gasteiger partial charge in [0.05, 0.1) is 12.3 Å². The van der Waals surface area contributed by atoms with Crippen molar-refractivity contribution in [2.24, 2.45) is 5.92 Å². The van der Waals surface area contributed by atoms with Gasteiger partial charge in [0, 0.05) is 31.6 Å². The molecule has 1 spiro atoms. The lowest BCUT2D eigenvalue weighted by molar-refractivity contribution is -0.0255. The predicted molar refractivity (Wildman–Crippen MR) is 102 cm³/mol. The van der Waals surface area contributed by atoms with Crippen molar-refractivity contribution >= 4 is 5.91 Å². The second-order valence-corrected chi connectivity index (χ2v) is 8.27. The van der Waals surface area contributed by atoms with Crippen LogP contribution in [0.1, 0.15) is 54.3 Å². The Balaban J connectivity index is 1.34. The molecule has 1 aromatic carbocycles. The lowest BCUT2D eigenvalue weighted by Gasteiger charge is -2.47. The van der Waals surface area contributed by atoms with Crippen molar-refractivity contribution in [2.75, 3.05) is 19.6 Å². The first kappa shape index (κ1) is 16.9. The quantitative estimate of drug-likeness (QED) is 0.895. The number of fused-ring (bicyclic) bond motifs is 1. The minimum absolute atomic E-state index is 0.0532. The molecular weight excluding hydrogens is 340 g/mol. The number of benzene rings is 1. The van der Waals surface area contributed by atoms with Gasteiger partial charge in [-0.15, -0.1) is 0 Å². The Morgan fingerprint density at radius 3 is 2.70 bits per heavy atom. The molecule has 1 amide bonds. The molecule has 142 valence electrons.